The van der Waals surface area contributed by atoms with Gasteiger partial charge in [0.05, 0.1) is 7.11 Å². The number of hydrazine groups is 1. The number of hydrogen-bond acceptors (Lipinski definition) is 4. The van der Waals surface area contributed by atoms with E-state index in [-0.39, 0.29) is 12.3 Å². The van der Waals surface area contributed by atoms with Crippen LogP contribution in [0.15, 0.2) is 30.3 Å². The lowest BCUT2D eigenvalue weighted by Gasteiger charge is -2.07. The summed E-state index contributed by atoms with van der Waals surface area (Å²) >= 11 is 0. The summed E-state index contributed by atoms with van der Waals surface area (Å²) in [6.07, 6.45) is -0.309. The lowest BCUT2D eigenvalue weighted by molar-refractivity contribution is -0.121. The normalized spacial score (nSPS) is 9.61. The predicted octanol–water partition coefficient (Wildman–Crippen LogP) is 0.554. The van der Waals surface area contributed by atoms with E-state index in [0.717, 1.165) is 5.56 Å². The van der Waals surface area contributed by atoms with Crippen molar-refractivity contribution in [1.82, 2.24) is 16.2 Å². The molecule has 18 heavy (non-hydrogen) atoms. The molecule has 0 atom stereocenters. The third-order valence-electron chi connectivity index (χ3n) is 2.19. The summed E-state index contributed by atoms with van der Waals surface area (Å²) in [5, 5.41) is 2.78. The van der Waals surface area contributed by atoms with Crippen LogP contribution in [-0.2, 0) is 16.1 Å². The van der Waals surface area contributed by atoms with Crippen molar-refractivity contribution < 1.29 is 14.3 Å². The van der Waals surface area contributed by atoms with E-state index < -0.39 is 6.09 Å². The SMILES string of the molecule is COC(=O)NNCCC(=O)NCc1ccccc1. The number of methoxy groups -OCH3 is 1. The number of benzene rings is 1. The van der Waals surface area contributed by atoms with Crippen molar-refractivity contribution in [2.45, 2.75) is 13.0 Å². The van der Waals surface area contributed by atoms with Crippen molar-refractivity contribution in [3.63, 3.8) is 0 Å². The molecule has 1 rings (SSSR count). The van der Waals surface area contributed by atoms with E-state index >= 15 is 0 Å². The highest BCUT2D eigenvalue weighted by Gasteiger charge is 2.01. The van der Waals surface area contributed by atoms with E-state index in [1.165, 1.54) is 7.11 Å². The van der Waals surface area contributed by atoms with Gasteiger partial charge in [-0.25, -0.2) is 10.2 Å². The number of nitrogens with one attached hydrogen (secondary N) is 3. The summed E-state index contributed by atoms with van der Waals surface area (Å²) in [6.45, 7) is 0.847. The van der Waals surface area contributed by atoms with Crippen LogP contribution >= 0.6 is 0 Å². The van der Waals surface area contributed by atoms with Crippen molar-refractivity contribution in [2.75, 3.05) is 13.7 Å². The number of carbonyl (C=O) groups excluding carboxylic acids is 2. The highest BCUT2D eigenvalue weighted by atomic mass is 16.5. The van der Waals surface area contributed by atoms with Crippen molar-refractivity contribution in [2.24, 2.45) is 0 Å². The van der Waals surface area contributed by atoms with Gasteiger partial charge in [0.1, 0.15) is 0 Å². The van der Waals surface area contributed by atoms with E-state index in [0.29, 0.717) is 13.1 Å². The zero-order chi connectivity index (χ0) is 13.2. The van der Waals surface area contributed by atoms with Crippen LogP contribution in [0.25, 0.3) is 0 Å². The molecule has 6 nitrogen and oxygen atoms in total. The Balaban J connectivity index is 2.09. The fraction of sp³-hybridized carbons (Fsp3) is 0.333. The molecule has 0 aliphatic heterocycles. The van der Waals surface area contributed by atoms with Gasteiger partial charge in [-0.2, -0.15) is 0 Å². The van der Waals surface area contributed by atoms with E-state index in [1.54, 1.807) is 0 Å². The van der Waals surface area contributed by atoms with Crippen LogP contribution in [0.2, 0.25) is 0 Å². The fourth-order valence-electron chi connectivity index (χ4n) is 1.25. The van der Waals surface area contributed by atoms with Gasteiger partial charge in [-0.1, -0.05) is 30.3 Å². The van der Waals surface area contributed by atoms with Crippen molar-refractivity contribution >= 4 is 12.0 Å². The number of hydrogen-bond donors (Lipinski definition) is 3. The number of rotatable bonds is 6. The minimum absolute atomic E-state index is 0.0852. The fourth-order valence-corrected chi connectivity index (χ4v) is 1.25. The standard InChI is InChI=1S/C12H17N3O3/c1-18-12(17)15-14-8-7-11(16)13-9-10-5-3-2-4-6-10/h2-6,14H,7-9H2,1H3,(H,13,16)(H,15,17). The molecule has 0 aliphatic rings. The maximum Gasteiger partial charge on any atom is 0.421 e. The molecule has 0 fully saturated rings. The first-order valence-corrected chi connectivity index (χ1v) is 5.60. The van der Waals surface area contributed by atoms with E-state index in [2.05, 4.69) is 20.9 Å². The average Bonchev–Trinajstić information content (AvgIpc) is 2.42. The molecule has 3 N–H and O–H groups in total. The third-order valence-corrected chi connectivity index (χ3v) is 2.19. The Hall–Kier alpha value is -2.08. The minimum Gasteiger partial charge on any atom is -0.452 e. The quantitative estimate of drug-likeness (QED) is 0.509. The van der Waals surface area contributed by atoms with Gasteiger partial charge in [0.15, 0.2) is 0 Å². The highest BCUT2D eigenvalue weighted by Crippen LogP contribution is 1.97. The summed E-state index contributed by atoms with van der Waals surface area (Å²) in [6, 6.07) is 9.65. The predicted molar refractivity (Wildman–Crippen MR) is 66.4 cm³/mol. The van der Waals surface area contributed by atoms with E-state index in [4.69, 9.17) is 0 Å². The van der Waals surface area contributed by atoms with Gasteiger partial charge in [-0.3, -0.25) is 10.2 Å². The van der Waals surface area contributed by atoms with E-state index in [9.17, 15) is 9.59 Å². The first-order chi connectivity index (χ1) is 8.72. The topological polar surface area (TPSA) is 79.5 Å². The summed E-state index contributed by atoms with van der Waals surface area (Å²) in [5.74, 6) is -0.0852. The second kappa shape index (κ2) is 8.08. The van der Waals surface area contributed by atoms with Gasteiger partial charge >= 0.3 is 6.09 Å². The second-order valence-corrected chi connectivity index (χ2v) is 3.56. The Kier molecular flexibility index (Phi) is 6.27. The van der Waals surface area contributed by atoms with Crippen molar-refractivity contribution in [1.29, 1.82) is 0 Å². The Morgan fingerprint density at radius 3 is 2.61 bits per heavy atom. The number of amides is 2. The van der Waals surface area contributed by atoms with Crippen molar-refractivity contribution in [3.8, 4) is 0 Å². The summed E-state index contributed by atoms with van der Waals surface area (Å²) in [7, 11) is 1.27. The molecule has 0 bridgehead atoms. The molecule has 0 aromatic heterocycles. The molecular weight excluding hydrogens is 234 g/mol. The van der Waals surface area contributed by atoms with Crippen LogP contribution in [0.3, 0.4) is 0 Å². The van der Waals surface area contributed by atoms with Gasteiger partial charge < -0.3 is 10.1 Å². The Bertz CT molecular complexity index is 381. The van der Waals surface area contributed by atoms with Crippen LogP contribution in [0.5, 0.6) is 0 Å². The minimum atomic E-state index is -0.584. The third kappa shape index (κ3) is 5.86. The van der Waals surface area contributed by atoms with Crippen LogP contribution in [0.4, 0.5) is 4.79 Å². The molecule has 0 saturated heterocycles. The molecule has 0 radical (unpaired) electrons. The molecule has 6 heteroatoms. The molecule has 0 unspecified atom stereocenters. The Morgan fingerprint density at radius 2 is 1.94 bits per heavy atom. The summed E-state index contributed by atoms with van der Waals surface area (Å²) < 4.78 is 4.35. The van der Waals surface area contributed by atoms with Crippen LogP contribution in [0.1, 0.15) is 12.0 Å². The second-order valence-electron chi connectivity index (χ2n) is 3.56. The molecule has 0 heterocycles. The molecule has 0 saturated carbocycles. The highest BCUT2D eigenvalue weighted by molar-refractivity contribution is 5.76. The zero-order valence-corrected chi connectivity index (χ0v) is 10.2. The van der Waals surface area contributed by atoms with Gasteiger partial charge in [-0.15, -0.1) is 0 Å². The monoisotopic (exact) mass is 251 g/mol. The maximum atomic E-state index is 11.4. The van der Waals surface area contributed by atoms with Gasteiger partial charge in [-0.05, 0) is 5.56 Å². The Labute approximate surface area is 106 Å². The molecular formula is C12H17N3O3. The summed E-state index contributed by atoms with van der Waals surface area (Å²) in [4.78, 5) is 22.1. The Morgan fingerprint density at radius 1 is 1.22 bits per heavy atom. The van der Waals surface area contributed by atoms with E-state index in [1.807, 2.05) is 30.3 Å². The largest absolute Gasteiger partial charge is 0.452 e. The van der Waals surface area contributed by atoms with Crippen LogP contribution in [-0.4, -0.2) is 25.7 Å². The molecule has 0 spiro atoms. The average molecular weight is 251 g/mol. The first-order valence-electron chi connectivity index (χ1n) is 5.60. The van der Waals surface area contributed by atoms with Gasteiger partial charge in [0, 0.05) is 19.5 Å². The van der Waals surface area contributed by atoms with Crippen molar-refractivity contribution in [3.05, 3.63) is 35.9 Å². The summed E-state index contributed by atoms with van der Waals surface area (Å²) in [5.41, 5.74) is 5.90. The van der Waals surface area contributed by atoms with Crippen LogP contribution < -0.4 is 16.2 Å². The number of ether oxygens (including phenoxy) is 1. The molecule has 1 aromatic carbocycles. The smallest absolute Gasteiger partial charge is 0.421 e. The van der Waals surface area contributed by atoms with Gasteiger partial charge in [0.25, 0.3) is 0 Å². The molecule has 1 aromatic rings. The maximum absolute atomic E-state index is 11.4. The molecule has 2 amide bonds. The molecule has 98 valence electrons. The number of carbonyl (C=O) groups is 2. The lowest BCUT2D eigenvalue weighted by Crippen LogP contribution is -2.39. The molecule has 0 aliphatic carbocycles. The van der Waals surface area contributed by atoms with Gasteiger partial charge in [0.2, 0.25) is 5.91 Å². The lowest BCUT2D eigenvalue weighted by atomic mass is 10.2. The van der Waals surface area contributed by atoms with Crippen LogP contribution in [0, 0.1) is 0 Å². The zero-order valence-electron chi connectivity index (χ0n) is 10.2. The first kappa shape index (κ1) is 14.0.